The van der Waals surface area contributed by atoms with Gasteiger partial charge in [0, 0.05) is 22.7 Å². The topological polar surface area (TPSA) is 80.3 Å². The second-order valence-corrected chi connectivity index (χ2v) is 8.35. The molecule has 30 heavy (non-hydrogen) atoms. The van der Waals surface area contributed by atoms with Crippen LogP contribution in [0.3, 0.4) is 0 Å². The predicted octanol–water partition coefficient (Wildman–Crippen LogP) is 4.47. The number of nitrogens with one attached hydrogen (secondary N) is 2. The van der Waals surface area contributed by atoms with Crippen molar-refractivity contribution in [3.05, 3.63) is 63.6 Å². The lowest BCUT2D eigenvalue weighted by Gasteiger charge is -2.17. The van der Waals surface area contributed by atoms with E-state index in [1.807, 2.05) is 43.3 Å². The van der Waals surface area contributed by atoms with E-state index >= 15 is 0 Å². The number of amides is 2. The number of nitrogens with zero attached hydrogens (tertiary/aromatic N) is 1. The maximum absolute atomic E-state index is 12.5. The molecule has 3 aromatic rings. The first-order chi connectivity index (χ1) is 14.5. The summed E-state index contributed by atoms with van der Waals surface area (Å²) in [4.78, 5) is 29.1. The smallest absolute Gasteiger partial charge is 0.263 e. The van der Waals surface area contributed by atoms with Crippen molar-refractivity contribution in [1.82, 2.24) is 10.3 Å². The molecule has 2 N–H and O–H groups in total. The zero-order valence-corrected chi connectivity index (χ0v) is 17.9. The summed E-state index contributed by atoms with van der Waals surface area (Å²) in [6.45, 7) is 2.54. The highest BCUT2D eigenvalue weighted by Gasteiger charge is 2.17. The molecule has 1 aliphatic rings. The van der Waals surface area contributed by atoms with Gasteiger partial charge >= 0.3 is 0 Å². The molecule has 0 aliphatic carbocycles. The summed E-state index contributed by atoms with van der Waals surface area (Å²) in [7, 11) is 0. The quantitative estimate of drug-likeness (QED) is 0.553. The van der Waals surface area contributed by atoms with Crippen molar-refractivity contribution in [2.24, 2.45) is 0 Å². The fourth-order valence-electron chi connectivity index (χ4n) is 3.22. The van der Waals surface area contributed by atoms with Crippen LogP contribution in [0, 0.1) is 6.92 Å². The molecule has 2 aromatic carbocycles. The summed E-state index contributed by atoms with van der Waals surface area (Å²) < 4.78 is 5.75. The lowest BCUT2D eigenvalue weighted by molar-refractivity contribution is -0.116. The Labute approximate surface area is 183 Å². The molecular weight excluding hydrogens is 422 g/mol. The standard InChI is InChI=1S/C22H20ClN3O3S/c1-13-20(30-22(25-13)15-3-2-4-16(23)11-15)21(28)24-9-10-29-17-6-7-18-14(12-17)5-8-19(27)26-18/h2-4,6-7,11-12H,5,8-10H2,1H3,(H,24,28)(H,26,27). The Balaban J connectivity index is 1.32. The van der Waals surface area contributed by atoms with Crippen LogP contribution in [0.5, 0.6) is 5.75 Å². The summed E-state index contributed by atoms with van der Waals surface area (Å²) >= 11 is 7.39. The molecule has 0 fully saturated rings. The number of hydrogen-bond acceptors (Lipinski definition) is 5. The Bertz CT molecular complexity index is 1110. The molecular formula is C22H20ClN3O3S. The Kier molecular flexibility index (Phi) is 6.01. The molecule has 0 atom stereocenters. The average Bonchev–Trinajstić information content (AvgIpc) is 3.13. The number of halogens is 1. The van der Waals surface area contributed by atoms with Crippen LogP contribution >= 0.6 is 22.9 Å². The van der Waals surface area contributed by atoms with Crippen LogP contribution in [-0.2, 0) is 11.2 Å². The molecule has 0 saturated carbocycles. The van der Waals surface area contributed by atoms with Gasteiger partial charge in [0.15, 0.2) is 0 Å². The highest BCUT2D eigenvalue weighted by Crippen LogP contribution is 2.29. The molecule has 0 unspecified atom stereocenters. The number of anilines is 1. The van der Waals surface area contributed by atoms with E-state index in [1.54, 1.807) is 6.07 Å². The van der Waals surface area contributed by atoms with Crippen LogP contribution in [0.2, 0.25) is 5.02 Å². The summed E-state index contributed by atoms with van der Waals surface area (Å²) in [6.07, 6.45) is 1.19. The van der Waals surface area contributed by atoms with Crippen LogP contribution in [0.15, 0.2) is 42.5 Å². The maximum Gasteiger partial charge on any atom is 0.263 e. The minimum atomic E-state index is -0.171. The molecule has 0 spiro atoms. The number of ether oxygens (including phenoxy) is 1. The second kappa shape index (κ2) is 8.85. The van der Waals surface area contributed by atoms with Crippen molar-refractivity contribution in [3.8, 4) is 16.3 Å². The number of aromatic nitrogens is 1. The molecule has 0 saturated heterocycles. The van der Waals surface area contributed by atoms with Crippen molar-refractivity contribution in [2.75, 3.05) is 18.5 Å². The zero-order valence-electron chi connectivity index (χ0n) is 16.3. The van der Waals surface area contributed by atoms with Crippen LogP contribution < -0.4 is 15.4 Å². The van der Waals surface area contributed by atoms with E-state index in [-0.39, 0.29) is 11.8 Å². The molecule has 2 heterocycles. The predicted molar refractivity (Wildman–Crippen MR) is 119 cm³/mol. The van der Waals surface area contributed by atoms with Crippen molar-refractivity contribution >= 4 is 40.4 Å². The van der Waals surface area contributed by atoms with Crippen LogP contribution in [0.4, 0.5) is 5.69 Å². The fourth-order valence-corrected chi connectivity index (χ4v) is 4.38. The van der Waals surface area contributed by atoms with Crippen molar-refractivity contribution in [3.63, 3.8) is 0 Å². The number of carbonyl (C=O) groups is 2. The van der Waals surface area contributed by atoms with Crippen molar-refractivity contribution in [2.45, 2.75) is 19.8 Å². The molecule has 0 radical (unpaired) electrons. The number of thiazole rings is 1. The fraction of sp³-hybridized carbons (Fsp3) is 0.227. The van der Waals surface area contributed by atoms with Gasteiger partial charge in [-0.05, 0) is 49.2 Å². The van der Waals surface area contributed by atoms with E-state index in [0.29, 0.717) is 41.6 Å². The molecule has 1 aliphatic heterocycles. The zero-order chi connectivity index (χ0) is 21.1. The molecule has 2 amide bonds. The van der Waals surface area contributed by atoms with Crippen LogP contribution in [-0.4, -0.2) is 29.9 Å². The minimum Gasteiger partial charge on any atom is -0.492 e. The van der Waals surface area contributed by atoms with Crippen LogP contribution in [0.25, 0.3) is 10.6 Å². The SMILES string of the molecule is Cc1nc(-c2cccc(Cl)c2)sc1C(=O)NCCOc1ccc2c(c1)CCC(=O)N2. The highest BCUT2D eigenvalue weighted by atomic mass is 35.5. The molecule has 8 heteroatoms. The molecule has 154 valence electrons. The maximum atomic E-state index is 12.5. The summed E-state index contributed by atoms with van der Waals surface area (Å²) in [5.41, 5.74) is 3.47. The van der Waals surface area contributed by atoms with E-state index in [9.17, 15) is 9.59 Å². The number of benzene rings is 2. The first-order valence-electron chi connectivity index (χ1n) is 9.57. The van der Waals surface area contributed by atoms with Crippen LogP contribution in [0.1, 0.15) is 27.3 Å². The third-order valence-electron chi connectivity index (χ3n) is 4.70. The van der Waals surface area contributed by atoms with Gasteiger partial charge in [-0.25, -0.2) is 4.98 Å². The Morgan fingerprint density at radius 3 is 2.97 bits per heavy atom. The highest BCUT2D eigenvalue weighted by molar-refractivity contribution is 7.17. The van der Waals surface area contributed by atoms with Gasteiger partial charge in [-0.1, -0.05) is 23.7 Å². The lowest BCUT2D eigenvalue weighted by atomic mass is 10.0. The summed E-state index contributed by atoms with van der Waals surface area (Å²) in [5.74, 6) is 0.585. The largest absolute Gasteiger partial charge is 0.492 e. The molecule has 1 aromatic heterocycles. The second-order valence-electron chi connectivity index (χ2n) is 6.92. The van der Waals surface area contributed by atoms with E-state index in [2.05, 4.69) is 15.6 Å². The van der Waals surface area contributed by atoms with Gasteiger partial charge in [-0.2, -0.15) is 0 Å². The van der Waals surface area contributed by atoms with Gasteiger partial charge < -0.3 is 15.4 Å². The number of fused-ring (bicyclic) bond motifs is 1. The van der Waals surface area contributed by atoms with Gasteiger partial charge in [-0.3, -0.25) is 9.59 Å². The van der Waals surface area contributed by atoms with E-state index in [1.165, 1.54) is 11.3 Å². The molecule has 6 nitrogen and oxygen atoms in total. The first-order valence-corrected chi connectivity index (χ1v) is 10.8. The third-order valence-corrected chi connectivity index (χ3v) is 6.14. The van der Waals surface area contributed by atoms with E-state index < -0.39 is 0 Å². The third kappa shape index (κ3) is 4.63. The number of rotatable bonds is 6. The molecule has 4 rings (SSSR count). The Morgan fingerprint density at radius 2 is 2.13 bits per heavy atom. The monoisotopic (exact) mass is 441 g/mol. The number of aryl methyl sites for hydroxylation is 2. The summed E-state index contributed by atoms with van der Waals surface area (Å²) in [6, 6.07) is 13.0. The average molecular weight is 442 g/mol. The van der Waals surface area contributed by atoms with Crippen molar-refractivity contribution < 1.29 is 14.3 Å². The lowest BCUT2D eigenvalue weighted by Crippen LogP contribution is -2.28. The van der Waals surface area contributed by atoms with Crippen molar-refractivity contribution in [1.29, 1.82) is 0 Å². The Hall–Kier alpha value is -2.90. The normalized spacial score (nSPS) is 12.8. The molecule has 0 bridgehead atoms. The van der Waals surface area contributed by atoms with Gasteiger partial charge in [0.05, 0.1) is 12.2 Å². The first kappa shape index (κ1) is 20.4. The minimum absolute atomic E-state index is 0.0377. The van der Waals surface area contributed by atoms with Gasteiger partial charge in [0.1, 0.15) is 22.2 Å². The number of hydrogen-bond donors (Lipinski definition) is 2. The number of carbonyl (C=O) groups excluding carboxylic acids is 2. The van der Waals surface area contributed by atoms with E-state index in [0.717, 1.165) is 27.6 Å². The summed E-state index contributed by atoms with van der Waals surface area (Å²) in [5, 5.41) is 7.12. The van der Waals surface area contributed by atoms with Gasteiger partial charge in [-0.15, -0.1) is 11.3 Å². The van der Waals surface area contributed by atoms with Gasteiger partial charge in [0.2, 0.25) is 5.91 Å². The Morgan fingerprint density at radius 1 is 1.27 bits per heavy atom. The van der Waals surface area contributed by atoms with Gasteiger partial charge in [0.25, 0.3) is 5.91 Å². The van der Waals surface area contributed by atoms with E-state index in [4.69, 9.17) is 16.3 Å².